The molecule has 0 bridgehead atoms. The minimum absolute atomic E-state index is 0.166. The Labute approximate surface area is 169 Å². The molecule has 0 aliphatic heterocycles. The van der Waals surface area contributed by atoms with Gasteiger partial charge in [0.2, 0.25) is 0 Å². The molecule has 4 rings (SSSR count). The molecule has 0 N–H and O–H groups in total. The van der Waals surface area contributed by atoms with Crippen molar-refractivity contribution >= 4 is 31.9 Å². The van der Waals surface area contributed by atoms with Crippen LogP contribution in [-0.4, -0.2) is 15.0 Å². The van der Waals surface area contributed by atoms with Crippen LogP contribution in [0.5, 0.6) is 0 Å². The lowest BCUT2D eigenvalue weighted by atomic mass is 10.00. The van der Waals surface area contributed by atoms with E-state index >= 15 is 0 Å². The number of benzene rings is 2. The fraction of sp³-hybridized carbons (Fsp3) is 0.0952. The Kier molecular flexibility index (Phi) is 5.09. The molecule has 1 aromatic heterocycles. The van der Waals surface area contributed by atoms with Gasteiger partial charge in [0.05, 0.1) is 0 Å². The lowest BCUT2D eigenvalue weighted by Gasteiger charge is -2.14. The van der Waals surface area contributed by atoms with Crippen molar-refractivity contribution in [1.29, 1.82) is 0 Å². The van der Waals surface area contributed by atoms with Gasteiger partial charge in [-0.15, -0.1) is 0 Å². The molecular formula is C21H15Br2N3. The van der Waals surface area contributed by atoms with Crippen LogP contribution in [0.25, 0.3) is 22.8 Å². The second-order valence-corrected chi connectivity index (χ2v) is 7.85. The smallest absolute Gasteiger partial charge is 0.163 e. The third-order valence-corrected chi connectivity index (χ3v) is 5.03. The first-order valence-corrected chi connectivity index (χ1v) is 9.89. The largest absolute Gasteiger partial charge is 0.212 e. The van der Waals surface area contributed by atoms with E-state index in [1.54, 1.807) is 0 Å². The van der Waals surface area contributed by atoms with Gasteiger partial charge in [0, 0.05) is 26.0 Å². The van der Waals surface area contributed by atoms with Crippen molar-refractivity contribution in [3.05, 3.63) is 87.6 Å². The molecule has 0 saturated carbocycles. The first-order valence-electron chi connectivity index (χ1n) is 8.30. The van der Waals surface area contributed by atoms with Crippen molar-refractivity contribution in [2.24, 2.45) is 0 Å². The Hall–Kier alpha value is -2.11. The van der Waals surface area contributed by atoms with Crippen molar-refractivity contribution < 1.29 is 0 Å². The molecule has 0 spiro atoms. The molecule has 3 aromatic rings. The van der Waals surface area contributed by atoms with Crippen LogP contribution in [0.4, 0.5) is 0 Å². The Morgan fingerprint density at radius 1 is 0.769 bits per heavy atom. The fourth-order valence-electron chi connectivity index (χ4n) is 2.86. The van der Waals surface area contributed by atoms with E-state index in [1.807, 2.05) is 48.5 Å². The SMILES string of the molecule is Brc1cc(Br)cc(-c2nc(-c3ccccc3)nc(C3C=CC=CC3)n2)c1. The highest BCUT2D eigenvalue weighted by Crippen LogP contribution is 2.29. The maximum Gasteiger partial charge on any atom is 0.163 e. The number of allylic oxidation sites excluding steroid dienone is 4. The van der Waals surface area contributed by atoms with E-state index in [0.29, 0.717) is 11.6 Å². The summed E-state index contributed by atoms with van der Waals surface area (Å²) in [6, 6.07) is 16.1. The van der Waals surface area contributed by atoms with Crippen LogP contribution in [0.1, 0.15) is 18.2 Å². The summed E-state index contributed by atoms with van der Waals surface area (Å²) in [5.41, 5.74) is 1.93. The van der Waals surface area contributed by atoms with E-state index in [4.69, 9.17) is 15.0 Å². The summed E-state index contributed by atoms with van der Waals surface area (Å²) in [4.78, 5) is 14.3. The third-order valence-electron chi connectivity index (χ3n) is 4.12. The molecule has 3 nitrogen and oxygen atoms in total. The van der Waals surface area contributed by atoms with E-state index in [2.05, 4.69) is 56.2 Å². The molecule has 2 aromatic carbocycles. The molecule has 0 amide bonds. The summed E-state index contributed by atoms with van der Waals surface area (Å²) in [6.07, 6.45) is 9.30. The first kappa shape index (κ1) is 17.3. The summed E-state index contributed by atoms with van der Waals surface area (Å²) in [6.45, 7) is 0. The third kappa shape index (κ3) is 3.84. The number of rotatable bonds is 3. The van der Waals surface area contributed by atoms with Crippen LogP contribution in [0.15, 0.2) is 81.8 Å². The van der Waals surface area contributed by atoms with Crippen LogP contribution >= 0.6 is 31.9 Å². The van der Waals surface area contributed by atoms with E-state index < -0.39 is 0 Å². The molecular weight excluding hydrogens is 454 g/mol. The monoisotopic (exact) mass is 467 g/mol. The second-order valence-electron chi connectivity index (χ2n) is 6.02. The average molecular weight is 469 g/mol. The van der Waals surface area contributed by atoms with Crippen molar-refractivity contribution in [2.75, 3.05) is 0 Å². The quantitative estimate of drug-likeness (QED) is 0.450. The maximum absolute atomic E-state index is 4.79. The van der Waals surface area contributed by atoms with Gasteiger partial charge in [0.1, 0.15) is 5.82 Å². The average Bonchev–Trinajstić information content (AvgIpc) is 2.68. The van der Waals surface area contributed by atoms with E-state index in [0.717, 1.165) is 32.3 Å². The van der Waals surface area contributed by atoms with Crippen molar-refractivity contribution in [3.8, 4) is 22.8 Å². The zero-order valence-electron chi connectivity index (χ0n) is 13.8. The molecule has 1 aliphatic carbocycles. The summed E-state index contributed by atoms with van der Waals surface area (Å²) in [5.74, 6) is 2.34. The molecule has 0 fully saturated rings. The second kappa shape index (κ2) is 7.64. The molecule has 26 heavy (non-hydrogen) atoms. The van der Waals surface area contributed by atoms with Crippen LogP contribution in [0.2, 0.25) is 0 Å². The molecule has 128 valence electrons. The highest BCUT2D eigenvalue weighted by Gasteiger charge is 2.17. The maximum atomic E-state index is 4.79. The van der Waals surface area contributed by atoms with Crippen molar-refractivity contribution in [3.63, 3.8) is 0 Å². The van der Waals surface area contributed by atoms with Gasteiger partial charge in [-0.3, -0.25) is 0 Å². The topological polar surface area (TPSA) is 38.7 Å². The van der Waals surface area contributed by atoms with Gasteiger partial charge >= 0.3 is 0 Å². The Morgan fingerprint density at radius 2 is 1.46 bits per heavy atom. The zero-order chi connectivity index (χ0) is 17.9. The van der Waals surface area contributed by atoms with Crippen molar-refractivity contribution in [1.82, 2.24) is 15.0 Å². The minimum atomic E-state index is 0.166. The summed E-state index contributed by atoms with van der Waals surface area (Å²) in [7, 11) is 0. The predicted molar refractivity (Wildman–Crippen MR) is 112 cm³/mol. The standard InChI is InChI=1S/C21H15Br2N3/c22-17-11-16(12-18(23)13-17)21-25-19(14-7-3-1-4-8-14)24-20(26-21)15-9-5-2-6-10-15/h1-9,11-13,15H,10H2. The minimum Gasteiger partial charge on any atom is -0.212 e. The van der Waals surface area contributed by atoms with Crippen LogP contribution < -0.4 is 0 Å². The van der Waals surface area contributed by atoms with Crippen LogP contribution in [-0.2, 0) is 0 Å². The van der Waals surface area contributed by atoms with E-state index in [1.165, 1.54) is 0 Å². The fourth-order valence-corrected chi connectivity index (χ4v) is 4.15. The van der Waals surface area contributed by atoms with E-state index in [-0.39, 0.29) is 5.92 Å². The number of nitrogens with zero attached hydrogens (tertiary/aromatic N) is 3. The normalized spacial score (nSPS) is 16.0. The Bertz CT molecular complexity index is 977. The van der Waals surface area contributed by atoms with Gasteiger partial charge in [-0.05, 0) is 24.6 Å². The van der Waals surface area contributed by atoms with Crippen LogP contribution in [0, 0.1) is 0 Å². The summed E-state index contributed by atoms with van der Waals surface area (Å²) in [5, 5.41) is 0. The highest BCUT2D eigenvalue weighted by molar-refractivity contribution is 9.11. The Balaban J connectivity index is 1.87. The number of aromatic nitrogens is 3. The number of hydrogen-bond donors (Lipinski definition) is 0. The van der Waals surface area contributed by atoms with E-state index in [9.17, 15) is 0 Å². The van der Waals surface area contributed by atoms with Gasteiger partial charge in [0.25, 0.3) is 0 Å². The number of hydrogen-bond acceptors (Lipinski definition) is 3. The molecule has 1 aliphatic rings. The first-order chi connectivity index (χ1) is 12.7. The lowest BCUT2D eigenvalue weighted by molar-refractivity contribution is 0.764. The van der Waals surface area contributed by atoms with Crippen LogP contribution in [0.3, 0.4) is 0 Å². The summed E-state index contributed by atoms with van der Waals surface area (Å²) < 4.78 is 1.95. The highest BCUT2D eigenvalue weighted by atomic mass is 79.9. The molecule has 0 saturated heterocycles. The molecule has 1 unspecified atom stereocenters. The Morgan fingerprint density at radius 3 is 2.12 bits per heavy atom. The van der Waals surface area contributed by atoms with Gasteiger partial charge in [-0.2, -0.15) is 0 Å². The molecule has 5 heteroatoms. The number of halogens is 2. The molecule has 1 heterocycles. The van der Waals surface area contributed by atoms with Gasteiger partial charge in [-0.25, -0.2) is 15.0 Å². The zero-order valence-corrected chi connectivity index (χ0v) is 17.0. The van der Waals surface area contributed by atoms with Gasteiger partial charge < -0.3 is 0 Å². The summed E-state index contributed by atoms with van der Waals surface area (Å²) >= 11 is 7.09. The predicted octanol–water partition coefficient (Wildman–Crippen LogP) is 6.33. The molecule has 1 atom stereocenters. The lowest BCUT2D eigenvalue weighted by Crippen LogP contribution is -2.07. The van der Waals surface area contributed by atoms with Gasteiger partial charge in [0.15, 0.2) is 11.6 Å². The molecule has 0 radical (unpaired) electrons. The van der Waals surface area contributed by atoms with Crippen molar-refractivity contribution in [2.45, 2.75) is 12.3 Å². The van der Waals surface area contributed by atoms with Gasteiger partial charge in [-0.1, -0.05) is 86.5 Å².